The van der Waals surface area contributed by atoms with Gasteiger partial charge in [0.1, 0.15) is 5.82 Å². The molecule has 0 amide bonds. The normalized spacial score (nSPS) is 20.2. The van der Waals surface area contributed by atoms with Crippen molar-refractivity contribution in [3.63, 3.8) is 0 Å². The lowest BCUT2D eigenvalue weighted by molar-refractivity contribution is 0.377. The number of nitrogens with zero attached hydrogens (tertiary/aromatic N) is 2. The molecule has 2 rings (SSSR count). The van der Waals surface area contributed by atoms with Gasteiger partial charge in [-0.1, -0.05) is 0 Å². The summed E-state index contributed by atoms with van der Waals surface area (Å²) < 4.78 is 1.09. The molecule has 0 bridgehead atoms. The monoisotopic (exact) mass is 297 g/mol. The standard InChI is InChI=1S/C13H20BrN3/c1-2-17(10-11-5-3-7-15-9-11)13-12(14)6-4-8-16-13/h4,6,8,11,15H,2-3,5,7,9-10H2,1H3. The fraction of sp³-hybridized carbons (Fsp3) is 0.615. The van der Waals surface area contributed by atoms with Crippen molar-refractivity contribution in [3.8, 4) is 0 Å². The summed E-state index contributed by atoms with van der Waals surface area (Å²) in [5, 5.41) is 3.47. The average molecular weight is 298 g/mol. The summed E-state index contributed by atoms with van der Waals surface area (Å²) in [6.45, 7) is 6.61. The quantitative estimate of drug-likeness (QED) is 0.926. The maximum Gasteiger partial charge on any atom is 0.142 e. The van der Waals surface area contributed by atoms with E-state index in [0.29, 0.717) is 0 Å². The third-order valence-corrected chi connectivity index (χ3v) is 3.92. The highest BCUT2D eigenvalue weighted by molar-refractivity contribution is 9.10. The highest BCUT2D eigenvalue weighted by atomic mass is 79.9. The smallest absolute Gasteiger partial charge is 0.142 e. The Morgan fingerprint density at radius 1 is 1.59 bits per heavy atom. The number of anilines is 1. The molecule has 1 saturated heterocycles. The number of hydrogen-bond acceptors (Lipinski definition) is 3. The second-order valence-electron chi connectivity index (χ2n) is 4.56. The van der Waals surface area contributed by atoms with Crippen LogP contribution in [0.2, 0.25) is 0 Å². The number of aromatic nitrogens is 1. The van der Waals surface area contributed by atoms with Crippen LogP contribution in [0.25, 0.3) is 0 Å². The van der Waals surface area contributed by atoms with Gasteiger partial charge in [0.2, 0.25) is 0 Å². The number of nitrogens with one attached hydrogen (secondary N) is 1. The van der Waals surface area contributed by atoms with Gasteiger partial charge in [0, 0.05) is 19.3 Å². The topological polar surface area (TPSA) is 28.2 Å². The largest absolute Gasteiger partial charge is 0.356 e. The van der Waals surface area contributed by atoms with Crippen LogP contribution in [-0.4, -0.2) is 31.2 Å². The van der Waals surface area contributed by atoms with Crippen molar-refractivity contribution < 1.29 is 0 Å². The van der Waals surface area contributed by atoms with Crippen molar-refractivity contribution in [1.82, 2.24) is 10.3 Å². The number of halogens is 1. The molecule has 0 saturated carbocycles. The molecule has 1 fully saturated rings. The van der Waals surface area contributed by atoms with Gasteiger partial charge in [-0.15, -0.1) is 0 Å². The van der Waals surface area contributed by atoms with Crippen LogP contribution in [0.3, 0.4) is 0 Å². The first-order valence-corrected chi connectivity index (χ1v) is 7.16. The van der Waals surface area contributed by atoms with Crippen molar-refractivity contribution in [2.75, 3.05) is 31.1 Å². The van der Waals surface area contributed by atoms with Gasteiger partial charge in [0.25, 0.3) is 0 Å². The predicted octanol–water partition coefficient (Wildman–Crippen LogP) is 2.67. The average Bonchev–Trinajstić information content (AvgIpc) is 2.38. The third kappa shape index (κ3) is 3.42. The van der Waals surface area contributed by atoms with Gasteiger partial charge in [-0.3, -0.25) is 0 Å². The zero-order chi connectivity index (χ0) is 12.1. The van der Waals surface area contributed by atoms with Crippen LogP contribution in [0.15, 0.2) is 22.8 Å². The van der Waals surface area contributed by atoms with E-state index in [1.807, 2.05) is 12.3 Å². The Kier molecular flexibility index (Phi) is 4.80. The number of pyridine rings is 1. The van der Waals surface area contributed by atoms with E-state index in [1.54, 1.807) is 0 Å². The van der Waals surface area contributed by atoms with Crippen LogP contribution in [0.4, 0.5) is 5.82 Å². The Balaban J connectivity index is 2.03. The number of hydrogen-bond donors (Lipinski definition) is 1. The molecular weight excluding hydrogens is 278 g/mol. The summed E-state index contributed by atoms with van der Waals surface area (Å²) >= 11 is 3.58. The van der Waals surface area contributed by atoms with Crippen molar-refractivity contribution in [2.45, 2.75) is 19.8 Å². The van der Waals surface area contributed by atoms with Crippen molar-refractivity contribution in [1.29, 1.82) is 0 Å². The second-order valence-corrected chi connectivity index (χ2v) is 5.41. The zero-order valence-corrected chi connectivity index (χ0v) is 11.9. The van der Waals surface area contributed by atoms with Gasteiger partial charge < -0.3 is 10.2 Å². The maximum absolute atomic E-state index is 4.47. The van der Waals surface area contributed by atoms with E-state index in [-0.39, 0.29) is 0 Å². The van der Waals surface area contributed by atoms with E-state index < -0.39 is 0 Å². The minimum Gasteiger partial charge on any atom is -0.356 e. The summed E-state index contributed by atoms with van der Waals surface area (Å²) in [6, 6.07) is 4.02. The van der Waals surface area contributed by atoms with Crippen molar-refractivity contribution in [3.05, 3.63) is 22.8 Å². The first-order chi connectivity index (χ1) is 8.31. The van der Waals surface area contributed by atoms with Crippen LogP contribution < -0.4 is 10.2 Å². The summed E-state index contributed by atoms with van der Waals surface area (Å²) in [5.74, 6) is 1.82. The first kappa shape index (κ1) is 12.8. The van der Waals surface area contributed by atoms with E-state index >= 15 is 0 Å². The SMILES string of the molecule is CCN(CC1CCCNC1)c1ncccc1Br. The highest BCUT2D eigenvalue weighted by Gasteiger charge is 2.18. The molecule has 17 heavy (non-hydrogen) atoms. The molecule has 4 heteroatoms. The summed E-state index contributed by atoms with van der Waals surface area (Å²) in [4.78, 5) is 6.84. The van der Waals surface area contributed by atoms with Gasteiger partial charge in [-0.05, 0) is 66.8 Å². The molecule has 2 heterocycles. The minimum absolute atomic E-state index is 0.748. The van der Waals surface area contributed by atoms with Gasteiger partial charge in [-0.2, -0.15) is 0 Å². The molecule has 1 N–H and O–H groups in total. The minimum atomic E-state index is 0.748. The van der Waals surface area contributed by atoms with Crippen LogP contribution in [0.5, 0.6) is 0 Å². The van der Waals surface area contributed by atoms with Crippen LogP contribution in [-0.2, 0) is 0 Å². The fourth-order valence-electron chi connectivity index (χ4n) is 2.37. The lowest BCUT2D eigenvalue weighted by atomic mass is 9.99. The summed E-state index contributed by atoms with van der Waals surface area (Å²) in [7, 11) is 0. The van der Waals surface area contributed by atoms with E-state index in [0.717, 1.165) is 35.8 Å². The zero-order valence-electron chi connectivity index (χ0n) is 10.3. The molecule has 3 nitrogen and oxygen atoms in total. The molecule has 0 radical (unpaired) electrons. The molecule has 0 spiro atoms. The summed E-state index contributed by atoms with van der Waals surface area (Å²) in [6.07, 6.45) is 4.49. The maximum atomic E-state index is 4.47. The van der Waals surface area contributed by atoms with Gasteiger partial charge in [0.15, 0.2) is 0 Å². The third-order valence-electron chi connectivity index (χ3n) is 3.30. The molecule has 1 aliphatic rings. The molecule has 0 aromatic carbocycles. The van der Waals surface area contributed by atoms with E-state index in [9.17, 15) is 0 Å². The molecule has 1 aromatic rings. The van der Waals surface area contributed by atoms with Crippen molar-refractivity contribution >= 4 is 21.7 Å². The predicted molar refractivity (Wildman–Crippen MR) is 75.4 cm³/mol. The molecule has 1 unspecified atom stereocenters. The molecule has 0 aliphatic carbocycles. The van der Waals surface area contributed by atoms with Gasteiger partial charge in [0.05, 0.1) is 4.47 Å². The Labute approximate surface area is 112 Å². The first-order valence-electron chi connectivity index (χ1n) is 6.37. The number of rotatable bonds is 4. The Bertz CT molecular complexity index is 350. The van der Waals surface area contributed by atoms with Gasteiger partial charge >= 0.3 is 0 Å². The molecule has 94 valence electrons. The fourth-order valence-corrected chi connectivity index (χ4v) is 2.87. The molecule has 1 aromatic heterocycles. The van der Waals surface area contributed by atoms with Crippen LogP contribution in [0, 0.1) is 5.92 Å². The molecule has 1 atom stereocenters. The number of piperidine rings is 1. The Hall–Kier alpha value is -0.610. The van der Waals surface area contributed by atoms with E-state index in [2.05, 4.69) is 44.1 Å². The lowest BCUT2D eigenvalue weighted by Crippen LogP contribution is -2.38. The van der Waals surface area contributed by atoms with E-state index in [4.69, 9.17) is 0 Å². The van der Waals surface area contributed by atoms with Crippen molar-refractivity contribution in [2.24, 2.45) is 5.92 Å². The Morgan fingerprint density at radius 3 is 3.12 bits per heavy atom. The molecular formula is C13H20BrN3. The Morgan fingerprint density at radius 2 is 2.47 bits per heavy atom. The second kappa shape index (κ2) is 6.36. The van der Waals surface area contributed by atoms with Gasteiger partial charge in [-0.25, -0.2) is 4.98 Å². The van der Waals surface area contributed by atoms with Crippen LogP contribution in [0.1, 0.15) is 19.8 Å². The highest BCUT2D eigenvalue weighted by Crippen LogP contribution is 2.24. The van der Waals surface area contributed by atoms with E-state index in [1.165, 1.54) is 19.4 Å². The van der Waals surface area contributed by atoms with Crippen LogP contribution >= 0.6 is 15.9 Å². The molecule has 1 aliphatic heterocycles. The lowest BCUT2D eigenvalue weighted by Gasteiger charge is -2.30. The summed E-state index contributed by atoms with van der Waals surface area (Å²) in [5.41, 5.74) is 0.